The Hall–Kier alpha value is -3.22. The fourth-order valence-corrected chi connectivity index (χ4v) is 2.61. The minimum absolute atomic E-state index is 0.0621. The number of carbonyl (C=O) groups excluding carboxylic acids is 2. The zero-order valence-corrected chi connectivity index (χ0v) is 14.5. The van der Waals surface area contributed by atoms with E-state index in [9.17, 15) is 9.59 Å². The molecule has 3 rings (SSSR count). The van der Waals surface area contributed by atoms with Crippen molar-refractivity contribution in [2.45, 2.75) is 13.5 Å². The predicted molar refractivity (Wildman–Crippen MR) is 97.1 cm³/mol. The van der Waals surface area contributed by atoms with Crippen molar-refractivity contribution in [3.05, 3.63) is 54.1 Å². The third kappa shape index (κ3) is 4.66. The van der Waals surface area contributed by atoms with E-state index >= 15 is 0 Å². The van der Waals surface area contributed by atoms with E-state index < -0.39 is 0 Å². The summed E-state index contributed by atoms with van der Waals surface area (Å²) < 4.78 is 10.6. The Bertz CT molecular complexity index is 780. The van der Waals surface area contributed by atoms with Gasteiger partial charge in [-0.2, -0.15) is 0 Å². The van der Waals surface area contributed by atoms with Gasteiger partial charge in [0.05, 0.1) is 0 Å². The molecular formula is C19H21N3O4. The Morgan fingerprint density at radius 3 is 2.62 bits per heavy atom. The quantitative estimate of drug-likeness (QED) is 0.835. The smallest absolute Gasteiger partial charge is 0.319 e. The number of nitrogens with zero attached hydrogens (tertiary/aromatic N) is 1. The molecule has 0 saturated carbocycles. The highest BCUT2D eigenvalue weighted by molar-refractivity contribution is 5.89. The lowest BCUT2D eigenvalue weighted by molar-refractivity contribution is -0.129. The third-order valence-electron chi connectivity index (χ3n) is 3.95. The topological polar surface area (TPSA) is 79.9 Å². The van der Waals surface area contributed by atoms with E-state index in [-0.39, 0.29) is 18.7 Å². The predicted octanol–water partition coefficient (Wildman–Crippen LogP) is 2.59. The van der Waals surface area contributed by atoms with Gasteiger partial charge in [0.25, 0.3) is 0 Å². The van der Waals surface area contributed by atoms with Gasteiger partial charge in [0.15, 0.2) is 11.5 Å². The van der Waals surface area contributed by atoms with Crippen molar-refractivity contribution in [1.82, 2.24) is 10.2 Å². The lowest BCUT2D eigenvalue weighted by Gasteiger charge is -2.21. The molecule has 2 N–H and O–H groups in total. The SMILES string of the molecule is CC(=O)N(CCNC(=O)Nc1ccccc1)Cc1ccc2c(c1)OCO2. The number of carbonyl (C=O) groups is 2. The fourth-order valence-electron chi connectivity index (χ4n) is 2.61. The first-order valence-corrected chi connectivity index (χ1v) is 8.36. The van der Waals surface area contributed by atoms with Crippen molar-refractivity contribution in [2.75, 3.05) is 25.2 Å². The highest BCUT2D eigenvalue weighted by atomic mass is 16.7. The summed E-state index contributed by atoms with van der Waals surface area (Å²) in [6, 6.07) is 14.5. The van der Waals surface area contributed by atoms with Crippen LogP contribution in [0.25, 0.3) is 0 Å². The van der Waals surface area contributed by atoms with E-state index in [1.807, 2.05) is 36.4 Å². The van der Waals surface area contributed by atoms with Gasteiger partial charge in [0.2, 0.25) is 12.7 Å². The number of benzene rings is 2. The van der Waals surface area contributed by atoms with Crippen molar-refractivity contribution < 1.29 is 19.1 Å². The number of urea groups is 1. The van der Waals surface area contributed by atoms with E-state index in [0.717, 1.165) is 5.56 Å². The van der Waals surface area contributed by atoms with Gasteiger partial charge in [-0.05, 0) is 29.8 Å². The van der Waals surface area contributed by atoms with Crippen LogP contribution in [-0.2, 0) is 11.3 Å². The van der Waals surface area contributed by atoms with Crippen LogP contribution in [0.5, 0.6) is 11.5 Å². The second-order valence-corrected chi connectivity index (χ2v) is 5.88. The maximum Gasteiger partial charge on any atom is 0.319 e. The summed E-state index contributed by atoms with van der Waals surface area (Å²) in [5, 5.41) is 5.49. The summed E-state index contributed by atoms with van der Waals surface area (Å²) in [5.41, 5.74) is 1.66. The van der Waals surface area contributed by atoms with E-state index in [0.29, 0.717) is 36.8 Å². The molecule has 7 nitrogen and oxygen atoms in total. The van der Waals surface area contributed by atoms with Crippen molar-refractivity contribution in [2.24, 2.45) is 0 Å². The lowest BCUT2D eigenvalue weighted by atomic mass is 10.2. The maximum atomic E-state index is 11.9. The largest absolute Gasteiger partial charge is 0.454 e. The van der Waals surface area contributed by atoms with Gasteiger partial charge in [-0.3, -0.25) is 4.79 Å². The molecule has 7 heteroatoms. The molecule has 0 aromatic heterocycles. The average molecular weight is 355 g/mol. The molecule has 0 atom stereocenters. The number of hydrogen-bond donors (Lipinski definition) is 2. The van der Waals surface area contributed by atoms with Crippen LogP contribution in [-0.4, -0.2) is 36.7 Å². The normalized spacial score (nSPS) is 11.7. The molecule has 2 aromatic carbocycles. The molecule has 0 fully saturated rings. The van der Waals surface area contributed by atoms with Crippen LogP contribution in [0.2, 0.25) is 0 Å². The van der Waals surface area contributed by atoms with Gasteiger partial charge in [-0.1, -0.05) is 24.3 Å². The fraction of sp³-hybridized carbons (Fsp3) is 0.263. The highest BCUT2D eigenvalue weighted by Gasteiger charge is 2.16. The summed E-state index contributed by atoms with van der Waals surface area (Å²) in [4.78, 5) is 25.5. The average Bonchev–Trinajstić information content (AvgIpc) is 3.09. The molecule has 0 unspecified atom stereocenters. The summed E-state index contributed by atoms with van der Waals surface area (Å²) in [7, 11) is 0. The molecule has 2 aromatic rings. The first-order valence-electron chi connectivity index (χ1n) is 8.36. The summed E-state index contributed by atoms with van der Waals surface area (Å²) in [5.74, 6) is 1.33. The molecule has 0 radical (unpaired) electrons. The highest BCUT2D eigenvalue weighted by Crippen LogP contribution is 2.32. The monoisotopic (exact) mass is 355 g/mol. The Balaban J connectivity index is 1.49. The van der Waals surface area contributed by atoms with E-state index in [1.165, 1.54) is 6.92 Å². The van der Waals surface area contributed by atoms with Gasteiger partial charge in [-0.25, -0.2) is 4.79 Å². The number of rotatable bonds is 6. The van der Waals surface area contributed by atoms with Gasteiger partial charge in [-0.15, -0.1) is 0 Å². The van der Waals surface area contributed by atoms with Crippen LogP contribution in [0, 0.1) is 0 Å². The van der Waals surface area contributed by atoms with Crippen LogP contribution >= 0.6 is 0 Å². The number of para-hydroxylation sites is 1. The number of ether oxygens (including phenoxy) is 2. The van der Waals surface area contributed by atoms with Crippen LogP contribution in [0.15, 0.2) is 48.5 Å². The van der Waals surface area contributed by atoms with Crippen LogP contribution in [0.4, 0.5) is 10.5 Å². The first-order chi connectivity index (χ1) is 12.6. The third-order valence-corrected chi connectivity index (χ3v) is 3.95. The minimum Gasteiger partial charge on any atom is -0.454 e. The molecule has 0 saturated heterocycles. The second kappa shape index (κ2) is 8.24. The Kier molecular flexibility index (Phi) is 5.58. The zero-order valence-electron chi connectivity index (χ0n) is 14.5. The lowest BCUT2D eigenvalue weighted by Crippen LogP contribution is -2.38. The second-order valence-electron chi connectivity index (χ2n) is 5.88. The Morgan fingerprint density at radius 2 is 1.85 bits per heavy atom. The maximum absolute atomic E-state index is 11.9. The zero-order chi connectivity index (χ0) is 18.4. The molecule has 136 valence electrons. The number of nitrogens with one attached hydrogen (secondary N) is 2. The Morgan fingerprint density at radius 1 is 1.08 bits per heavy atom. The molecule has 26 heavy (non-hydrogen) atoms. The van der Waals surface area contributed by atoms with Crippen molar-refractivity contribution >= 4 is 17.6 Å². The van der Waals surface area contributed by atoms with Crippen LogP contribution in [0.3, 0.4) is 0 Å². The summed E-state index contributed by atoms with van der Waals surface area (Å²) in [6.45, 7) is 2.93. The molecule has 0 spiro atoms. The molecule has 1 aliphatic rings. The van der Waals surface area contributed by atoms with E-state index in [1.54, 1.807) is 17.0 Å². The molecule has 1 heterocycles. The van der Waals surface area contributed by atoms with Crippen LogP contribution < -0.4 is 20.1 Å². The molecule has 0 aliphatic carbocycles. The van der Waals surface area contributed by atoms with E-state index in [4.69, 9.17) is 9.47 Å². The van der Waals surface area contributed by atoms with Gasteiger partial charge >= 0.3 is 6.03 Å². The van der Waals surface area contributed by atoms with Crippen molar-refractivity contribution in [3.8, 4) is 11.5 Å². The summed E-state index contributed by atoms with van der Waals surface area (Å²) >= 11 is 0. The molecule has 1 aliphatic heterocycles. The minimum atomic E-state index is -0.303. The summed E-state index contributed by atoms with van der Waals surface area (Å²) in [6.07, 6.45) is 0. The van der Waals surface area contributed by atoms with Gasteiger partial charge in [0, 0.05) is 32.2 Å². The molecule has 3 amide bonds. The number of anilines is 1. The molecule has 0 bridgehead atoms. The first kappa shape index (κ1) is 17.6. The van der Waals surface area contributed by atoms with E-state index in [2.05, 4.69) is 10.6 Å². The molecular weight excluding hydrogens is 334 g/mol. The standard InChI is InChI=1S/C19H21N3O4/c1-14(23)22(12-15-7-8-17-18(11-15)26-13-25-17)10-9-20-19(24)21-16-5-3-2-4-6-16/h2-8,11H,9-10,12-13H2,1H3,(H2,20,21,24). The van der Waals surface area contributed by atoms with Gasteiger partial charge in [0.1, 0.15) is 0 Å². The van der Waals surface area contributed by atoms with Crippen molar-refractivity contribution in [3.63, 3.8) is 0 Å². The Labute approximate surface area is 151 Å². The number of fused-ring (bicyclic) bond motifs is 1. The van der Waals surface area contributed by atoms with Gasteiger partial charge < -0.3 is 25.0 Å². The van der Waals surface area contributed by atoms with Crippen molar-refractivity contribution in [1.29, 1.82) is 0 Å². The van der Waals surface area contributed by atoms with Crippen LogP contribution in [0.1, 0.15) is 12.5 Å². The number of hydrogen-bond acceptors (Lipinski definition) is 4. The number of amides is 3.